The van der Waals surface area contributed by atoms with Gasteiger partial charge in [-0.25, -0.2) is 18.7 Å². The summed E-state index contributed by atoms with van der Waals surface area (Å²) in [6.45, 7) is 3.89. The number of methoxy groups -OCH3 is 2. The van der Waals surface area contributed by atoms with Crippen molar-refractivity contribution in [3.8, 4) is 45.4 Å². The number of aromatic nitrogens is 4. The molecule has 0 radical (unpaired) electrons. The van der Waals surface area contributed by atoms with E-state index in [0.29, 0.717) is 80.5 Å². The topological polar surface area (TPSA) is 123 Å². The van der Waals surface area contributed by atoms with E-state index in [-0.39, 0.29) is 24.4 Å². The van der Waals surface area contributed by atoms with Crippen LogP contribution in [0.5, 0.6) is 11.8 Å². The third-order valence-electron chi connectivity index (χ3n) is 7.87. The Morgan fingerprint density at radius 1 is 0.894 bits per heavy atom. The first-order valence-corrected chi connectivity index (χ1v) is 15.7. The van der Waals surface area contributed by atoms with Crippen molar-refractivity contribution in [1.29, 1.82) is 0 Å². The van der Waals surface area contributed by atoms with Gasteiger partial charge in [0, 0.05) is 54.4 Å². The molecule has 1 saturated heterocycles. The Balaban J connectivity index is 1.39. The van der Waals surface area contributed by atoms with Gasteiger partial charge in [-0.05, 0) is 20.3 Å². The second kappa shape index (κ2) is 14.8. The highest BCUT2D eigenvalue weighted by Crippen LogP contribution is 2.42. The number of nitrogens with zero attached hydrogens (tertiary/aromatic N) is 4. The number of carbonyl (C=O) groups is 1. The summed E-state index contributed by atoms with van der Waals surface area (Å²) in [5, 5.41) is 9.84. The maximum absolute atomic E-state index is 13.3. The monoisotopic (exact) mass is 685 g/mol. The third kappa shape index (κ3) is 7.78. The summed E-state index contributed by atoms with van der Waals surface area (Å²) in [6, 6.07) is 11.1. The molecule has 1 aliphatic rings. The minimum absolute atomic E-state index is 0.0369. The lowest BCUT2D eigenvalue weighted by Crippen LogP contribution is -2.45. The first-order valence-electron chi connectivity index (χ1n) is 14.9. The zero-order chi connectivity index (χ0) is 33.7. The van der Waals surface area contributed by atoms with Gasteiger partial charge in [-0.1, -0.05) is 59.6 Å². The van der Waals surface area contributed by atoms with Crippen LogP contribution in [0.4, 0.5) is 8.78 Å². The van der Waals surface area contributed by atoms with Crippen LogP contribution < -0.4 is 25.4 Å². The third-order valence-corrected chi connectivity index (χ3v) is 8.69. The van der Waals surface area contributed by atoms with E-state index in [1.165, 1.54) is 34.3 Å². The van der Waals surface area contributed by atoms with E-state index in [9.17, 15) is 13.6 Å². The zero-order valence-corrected chi connectivity index (χ0v) is 27.8. The van der Waals surface area contributed by atoms with Crippen LogP contribution in [0, 0.1) is 0 Å². The lowest BCUT2D eigenvalue weighted by molar-refractivity contribution is -0.119. The molecule has 0 unspecified atom stereocenters. The van der Waals surface area contributed by atoms with E-state index in [1.54, 1.807) is 12.3 Å². The normalized spacial score (nSPS) is 14.8. The smallest absolute Gasteiger partial charge is 0.255 e. The van der Waals surface area contributed by atoms with Gasteiger partial charge < -0.3 is 25.4 Å². The van der Waals surface area contributed by atoms with E-state index < -0.39 is 12.0 Å². The molecule has 2 aromatic heterocycles. The van der Waals surface area contributed by atoms with Gasteiger partial charge in [0.05, 0.1) is 53.6 Å². The Hall–Kier alpha value is -3.97. The van der Waals surface area contributed by atoms with E-state index in [4.69, 9.17) is 32.7 Å². The van der Waals surface area contributed by atoms with Crippen molar-refractivity contribution < 1.29 is 23.0 Å². The van der Waals surface area contributed by atoms with Crippen LogP contribution in [0.1, 0.15) is 38.1 Å². The average molecular weight is 687 g/mol. The highest BCUT2D eigenvalue weighted by atomic mass is 35.5. The van der Waals surface area contributed by atoms with Crippen molar-refractivity contribution in [2.45, 2.75) is 57.8 Å². The molecule has 248 valence electrons. The molecule has 0 aliphatic carbocycles. The molecular weight excluding hydrogens is 651 g/mol. The predicted molar refractivity (Wildman–Crippen MR) is 177 cm³/mol. The number of rotatable bonds is 13. The van der Waals surface area contributed by atoms with Crippen LogP contribution in [-0.2, 0) is 17.9 Å². The fraction of sp³-hybridized carbons (Fsp3) is 0.364. The van der Waals surface area contributed by atoms with Gasteiger partial charge in [-0.2, -0.15) is 0 Å². The predicted octanol–water partition coefficient (Wildman–Crippen LogP) is 6.09. The van der Waals surface area contributed by atoms with Gasteiger partial charge in [0.2, 0.25) is 17.7 Å². The second-order valence-electron chi connectivity index (χ2n) is 11.6. The fourth-order valence-corrected chi connectivity index (χ4v) is 5.73. The van der Waals surface area contributed by atoms with Crippen LogP contribution in [0.2, 0.25) is 10.0 Å². The molecule has 47 heavy (non-hydrogen) atoms. The maximum atomic E-state index is 13.3. The Bertz CT molecular complexity index is 1760. The van der Waals surface area contributed by atoms with Crippen LogP contribution in [-0.4, -0.2) is 64.6 Å². The van der Waals surface area contributed by atoms with Crippen molar-refractivity contribution in [1.82, 2.24) is 35.9 Å². The SMILES string of the molecule is COc1nc(-c2cccc(-c3cccc(-c4cnc(CNC(C)(C)C(F)F)c(OC)n4)c3Cl)c2Cl)cnc1CNC[C@@H]1CCC(=O)N1. The van der Waals surface area contributed by atoms with E-state index in [2.05, 4.69) is 35.9 Å². The first-order chi connectivity index (χ1) is 22.5. The van der Waals surface area contributed by atoms with Crippen molar-refractivity contribution in [2.75, 3.05) is 20.8 Å². The quantitative estimate of drug-likeness (QED) is 0.153. The Kier molecular flexibility index (Phi) is 10.9. The highest BCUT2D eigenvalue weighted by Gasteiger charge is 2.29. The molecule has 1 fully saturated rings. The Morgan fingerprint density at radius 2 is 1.40 bits per heavy atom. The van der Waals surface area contributed by atoms with Crippen LogP contribution in [0.15, 0.2) is 48.8 Å². The standard InChI is InChI=1S/C33H35Cl2F2N7O3/c1-33(2,32(36)37)41-17-26-31(47-4)44-24(16-40-26)22-10-6-8-20(29(22)35)19-7-5-9-21(28(19)34)23-15-39-25(30(43-23)46-3)14-38-13-18-11-12-27(45)42-18/h5-10,15-16,18,32,38,41H,11-14,17H2,1-4H3,(H,42,45)/t18-/m0/s1. The summed E-state index contributed by atoms with van der Waals surface area (Å²) in [7, 11) is 2.97. The van der Waals surface area contributed by atoms with Crippen molar-refractivity contribution in [3.05, 3.63) is 70.2 Å². The molecule has 5 rings (SSSR count). The van der Waals surface area contributed by atoms with Crippen LogP contribution >= 0.6 is 23.2 Å². The molecular formula is C33H35Cl2F2N7O3. The number of alkyl halides is 2. The Morgan fingerprint density at radius 3 is 1.87 bits per heavy atom. The summed E-state index contributed by atoms with van der Waals surface area (Å²) in [6.07, 6.45) is 1.94. The summed E-state index contributed by atoms with van der Waals surface area (Å²) in [5.74, 6) is 0.617. The summed E-state index contributed by atoms with van der Waals surface area (Å²) in [5.41, 5.74) is 3.08. The number of nitrogens with one attached hydrogen (secondary N) is 3. The summed E-state index contributed by atoms with van der Waals surface area (Å²) < 4.78 is 37.6. The number of amides is 1. The minimum Gasteiger partial charge on any atom is -0.480 e. The number of carbonyl (C=O) groups excluding carboxylic acids is 1. The molecule has 0 saturated carbocycles. The van der Waals surface area contributed by atoms with E-state index in [0.717, 1.165) is 6.42 Å². The molecule has 2 aromatic carbocycles. The average Bonchev–Trinajstić information content (AvgIpc) is 3.48. The molecule has 10 nitrogen and oxygen atoms in total. The lowest BCUT2D eigenvalue weighted by atomic mass is 9.98. The van der Waals surface area contributed by atoms with Crippen LogP contribution in [0.25, 0.3) is 33.6 Å². The number of halogens is 4. The maximum Gasteiger partial charge on any atom is 0.255 e. The number of benzene rings is 2. The van der Waals surface area contributed by atoms with Gasteiger partial charge >= 0.3 is 0 Å². The molecule has 1 atom stereocenters. The zero-order valence-electron chi connectivity index (χ0n) is 26.3. The van der Waals surface area contributed by atoms with Crippen LogP contribution in [0.3, 0.4) is 0 Å². The van der Waals surface area contributed by atoms with Gasteiger partial charge in [-0.3, -0.25) is 14.8 Å². The van der Waals surface area contributed by atoms with E-state index in [1.807, 2.05) is 30.3 Å². The molecule has 1 amide bonds. The van der Waals surface area contributed by atoms with Gasteiger partial charge in [0.25, 0.3) is 6.43 Å². The van der Waals surface area contributed by atoms with Gasteiger partial charge in [0.1, 0.15) is 11.4 Å². The molecule has 1 aliphatic heterocycles. The van der Waals surface area contributed by atoms with Crippen molar-refractivity contribution in [3.63, 3.8) is 0 Å². The molecule has 3 heterocycles. The molecule has 0 spiro atoms. The van der Waals surface area contributed by atoms with Gasteiger partial charge in [-0.15, -0.1) is 0 Å². The number of hydrogen-bond acceptors (Lipinski definition) is 9. The Labute approximate surface area is 281 Å². The first kappa shape index (κ1) is 34.4. The summed E-state index contributed by atoms with van der Waals surface area (Å²) in [4.78, 5) is 29.8. The lowest BCUT2D eigenvalue weighted by Gasteiger charge is -2.25. The largest absolute Gasteiger partial charge is 0.480 e. The van der Waals surface area contributed by atoms with Crippen molar-refractivity contribution in [2.24, 2.45) is 0 Å². The number of ether oxygens (including phenoxy) is 2. The van der Waals surface area contributed by atoms with Gasteiger partial charge in [0.15, 0.2) is 0 Å². The van der Waals surface area contributed by atoms with Crippen molar-refractivity contribution >= 4 is 29.1 Å². The second-order valence-corrected chi connectivity index (χ2v) is 12.3. The van der Waals surface area contributed by atoms with E-state index >= 15 is 0 Å². The molecule has 14 heteroatoms. The fourth-order valence-electron chi connectivity index (χ4n) is 5.08. The molecule has 3 N–H and O–H groups in total. The molecule has 0 bridgehead atoms. The highest BCUT2D eigenvalue weighted by molar-refractivity contribution is 6.39. The molecule has 4 aromatic rings. The number of hydrogen-bond donors (Lipinski definition) is 3. The minimum atomic E-state index is -2.57. The summed E-state index contributed by atoms with van der Waals surface area (Å²) >= 11 is 14.0.